The molecule has 0 saturated carbocycles. The minimum atomic E-state index is -0.495. The summed E-state index contributed by atoms with van der Waals surface area (Å²) in [5, 5.41) is 15.6. The number of nitro benzene ring substituents is 1. The van der Waals surface area contributed by atoms with Crippen LogP contribution >= 0.6 is 11.3 Å². The summed E-state index contributed by atoms with van der Waals surface area (Å²) in [6, 6.07) is 13.8. The highest BCUT2D eigenvalue weighted by atomic mass is 32.1. The van der Waals surface area contributed by atoms with Gasteiger partial charge in [0.1, 0.15) is 5.82 Å². The fourth-order valence-electron chi connectivity index (χ4n) is 4.91. The highest BCUT2D eigenvalue weighted by Gasteiger charge is 2.33. The van der Waals surface area contributed by atoms with E-state index >= 15 is 0 Å². The molecule has 2 aromatic carbocycles. The second-order valence-corrected chi connectivity index (χ2v) is 10.1. The lowest BCUT2D eigenvalue weighted by atomic mass is 9.93. The van der Waals surface area contributed by atoms with Crippen molar-refractivity contribution in [2.75, 3.05) is 44.6 Å². The molecule has 1 aromatic heterocycles. The fraction of sp³-hybridized carbons (Fsp3) is 0.308. The Labute approximate surface area is 217 Å². The number of carbonyl (C=O) groups is 2. The zero-order valence-corrected chi connectivity index (χ0v) is 20.8. The first-order chi connectivity index (χ1) is 17.9. The van der Waals surface area contributed by atoms with E-state index in [2.05, 4.69) is 16.3 Å². The second-order valence-electron chi connectivity index (χ2n) is 9.08. The van der Waals surface area contributed by atoms with Gasteiger partial charge in [-0.3, -0.25) is 19.8 Å². The van der Waals surface area contributed by atoms with E-state index in [1.54, 1.807) is 27.2 Å². The van der Waals surface area contributed by atoms with Crippen LogP contribution in [0.15, 0.2) is 60.0 Å². The topological polar surface area (TPSA) is 99.0 Å². The number of thiophene rings is 1. The number of anilines is 1. The summed E-state index contributed by atoms with van der Waals surface area (Å²) in [5.41, 5.74) is 2.38. The predicted octanol–water partition coefficient (Wildman–Crippen LogP) is 4.12. The molecule has 1 fully saturated rings. The lowest BCUT2D eigenvalue weighted by molar-refractivity contribution is -0.384. The Morgan fingerprint density at radius 3 is 2.46 bits per heavy atom. The molecule has 5 rings (SSSR count). The highest BCUT2D eigenvalue weighted by molar-refractivity contribution is 7.10. The average Bonchev–Trinajstić information content (AvgIpc) is 3.38. The maximum Gasteiger partial charge on any atom is 0.321 e. The molecule has 37 heavy (non-hydrogen) atoms. The first kappa shape index (κ1) is 24.8. The van der Waals surface area contributed by atoms with Gasteiger partial charge in [0.05, 0.1) is 17.5 Å². The number of urea groups is 1. The molecule has 1 atom stereocenters. The Morgan fingerprint density at radius 2 is 1.76 bits per heavy atom. The van der Waals surface area contributed by atoms with E-state index < -0.39 is 4.92 Å². The maximum atomic E-state index is 14.0. The molecule has 0 spiro atoms. The van der Waals surface area contributed by atoms with Crippen LogP contribution in [0.25, 0.3) is 0 Å². The lowest BCUT2D eigenvalue weighted by Gasteiger charge is -2.39. The zero-order valence-electron chi connectivity index (χ0n) is 20.0. The average molecular weight is 524 g/mol. The van der Waals surface area contributed by atoms with Crippen LogP contribution in [0.3, 0.4) is 0 Å². The number of fused-ring (bicyclic) bond motifs is 1. The van der Waals surface area contributed by atoms with Crippen LogP contribution in [-0.4, -0.2) is 70.8 Å². The van der Waals surface area contributed by atoms with E-state index in [4.69, 9.17) is 0 Å². The van der Waals surface area contributed by atoms with E-state index in [-0.39, 0.29) is 36.0 Å². The van der Waals surface area contributed by atoms with Gasteiger partial charge in [0, 0.05) is 55.4 Å². The SMILES string of the molecule is O=C(CN1CCc2sccc2[C@@H]1c1cccc(F)c1)N1CCN(C(=O)Nc2ccc([N+](=O)[O-])cc2)CC1. The van der Waals surface area contributed by atoms with Gasteiger partial charge in [-0.25, -0.2) is 9.18 Å². The van der Waals surface area contributed by atoms with Crippen LogP contribution in [0, 0.1) is 15.9 Å². The Bertz CT molecular complexity index is 1310. The van der Waals surface area contributed by atoms with Crippen molar-refractivity contribution in [1.29, 1.82) is 0 Å². The molecular formula is C26H26FN5O4S. The summed E-state index contributed by atoms with van der Waals surface area (Å²) in [5.74, 6) is -0.315. The molecule has 2 aliphatic rings. The third kappa shape index (κ3) is 5.47. The Morgan fingerprint density at radius 1 is 1.03 bits per heavy atom. The number of hydrogen-bond acceptors (Lipinski definition) is 6. The van der Waals surface area contributed by atoms with Crippen molar-refractivity contribution < 1.29 is 18.9 Å². The molecule has 3 heterocycles. The van der Waals surface area contributed by atoms with E-state index in [1.807, 2.05) is 11.4 Å². The molecule has 0 aliphatic carbocycles. The van der Waals surface area contributed by atoms with Crippen LogP contribution in [-0.2, 0) is 11.2 Å². The molecule has 0 bridgehead atoms. The fourth-order valence-corrected chi connectivity index (χ4v) is 5.81. The van der Waals surface area contributed by atoms with Crippen LogP contribution in [0.5, 0.6) is 0 Å². The molecule has 0 radical (unpaired) electrons. The maximum absolute atomic E-state index is 14.0. The first-order valence-corrected chi connectivity index (χ1v) is 12.9. The summed E-state index contributed by atoms with van der Waals surface area (Å²) in [6.45, 7) is 2.51. The summed E-state index contributed by atoms with van der Waals surface area (Å²) in [6.07, 6.45) is 0.850. The molecule has 192 valence electrons. The third-order valence-corrected chi connectivity index (χ3v) is 7.81. The summed E-state index contributed by atoms with van der Waals surface area (Å²) >= 11 is 1.69. The van der Waals surface area contributed by atoms with E-state index in [0.717, 1.165) is 17.5 Å². The van der Waals surface area contributed by atoms with E-state index in [0.29, 0.717) is 38.4 Å². The quantitative estimate of drug-likeness (QED) is 0.401. The standard InChI is InChI=1S/C26H26FN5O4S/c27-19-3-1-2-18(16-19)25-22-9-15-37-23(22)8-10-31(25)17-24(33)29-11-13-30(14-12-29)26(34)28-20-4-6-21(7-5-20)32(35)36/h1-7,9,15-16,25H,8,10-14,17H2,(H,28,34)/t25-/m0/s1. The summed E-state index contributed by atoms with van der Waals surface area (Å²) < 4.78 is 14.0. The van der Waals surface area contributed by atoms with Crippen LogP contribution in [0.2, 0.25) is 0 Å². The molecule has 1 N–H and O–H groups in total. The van der Waals surface area contributed by atoms with Crippen molar-refractivity contribution in [1.82, 2.24) is 14.7 Å². The van der Waals surface area contributed by atoms with Gasteiger partial charge in [0.2, 0.25) is 5.91 Å². The number of nitro groups is 1. The highest BCUT2D eigenvalue weighted by Crippen LogP contribution is 2.37. The van der Waals surface area contributed by atoms with Gasteiger partial charge in [-0.1, -0.05) is 12.1 Å². The van der Waals surface area contributed by atoms with Gasteiger partial charge >= 0.3 is 6.03 Å². The monoisotopic (exact) mass is 523 g/mol. The zero-order chi connectivity index (χ0) is 25.9. The number of amides is 3. The Balaban J connectivity index is 1.19. The Kier molecular flexibility index (Phi) is 7.15. The molecule has 0 unspecified atom stereocenters. The van der Waals surface area contributed by atoms with Crippen LogP contribution in [0.4, 0.5) is 20.6 Å². The minimum Gasteiger partial charge on any atom is -0.338 e. The Hall–Kier alpha value is -3.83. The van der Waals surface area contributed by atoms with Crippen molar-refractivity contribution in [3.05, 3.63) is 91.9 Å². The molecule has 9 nitrogen and oxygen atoms in total. The van der Waals surface area contributed by atoms with Gasteiger partial charge in [-0.15, -0.1) is 11.3 Å². The van der Waals surface area contributed by atoms with Gasteiger partial charge in [-0.2, -0.15) is 0 Å². The molecule has 3 amide bonds. The van der Waals surface area contributed by atoms with Gasteiger partial charge in [0.25, 0.3) is 5.69 Å². The smallest absolute Gasteiger partial charge is 0.321 e. The number of benzene rings is 2. The number of halogens is 1. The van der Waals surface area contributed by atoms with Crippen LogP contribution in [0.1, 0.15) is 22.0 Å². The predicted molar refractivity (Wildman–Crippen MR) is 138 cm³/mol. The molecular weight excluding hydrogens is 497 g/mol. The summed E-state index contributed by atoms with van der Waals surface area (Å²) in [7, 11) is 0. The number of hydrogen-bond donors (Lipinski definition) is 1. The number of nitrogens with one attached hydrogen (secondary N) is 1. The number of carbonyl (C=O) groups excluding carboxylic acids is 2. The van der Waals surface area contributed by atoms with E-state index in [9.17, 15) is 24.1 Å². The lowest BCUT2D eigenvalue weighted by Crippen LogP contribution is -2.54. The second kappa shape index (κ2) is 10.7. The molecule has 11 heteroatoms. The van der Waals surface area contributed by atoms with Gasteiger partial charge in [0.15, 0.2) is 0 Å². The number of non-ortho nitro benzene ring substituents is 1. The number of rotatable bonds is 5. The van der Waals surface area contributed by atoms with Crippen molar-refractivity contribution in [2.45, 2.75) is 12.5 Å². The summed E-state index contributed by atoms with van der Waals surface area (Å²) in [4.78, 5) is 43.0. The van der Waals surface area contributed by atoms with Gasteiger partial charge in [-0.05, 0) is 53.3 Å². The number of nitrogens with zero attached hydrogens (tertiary/aromatic N) is 4. The minimum absolute atomic E-state index is 0.0180. The first-order valence-electron chi connectivity index (χ1n) is 12.0. The van der Waals surface area contributed by atoms with Crippen molar-refractivity contribution in [3.8, 4) is 0 Å². The van der Waals surface area contributed by atoms with Crippen molar-refractivity contribution >= 4 is 34.6 Å². The molecule has 3 aromatic rings. The third-order valence-electron chi connectivity index (χ3n) is 6.82. The normalized spacial score (nSPS) is 17.8. The largest absolute Gasteiger partial charge is 0.338 e. The molecule has 1 saturated heterocycles. The van der Waals surface area contributed by atoms with Crippen molar-refractivity contribution in [2.24, 2.45) is 0 Å². The molecule has 2 aliphatic heterocycles. The van der Waals surface area contributed by atoms with Gasteiger partial charge < -0.3 is 15.1 Å². The van der Waals surface area contributed by atoms with E-state index in [1.165, 1.54) is 41.3 Å². The number of piperazine rings is 1. The van der Waals surface area contributed by atoms with Crippen LogP contribution < -0.4 is 5.32 Å². The van der Waals surface area contributed by atoms with Crippen molar-refractivity contribution in [3.63, 3.8) is 0 Å².